The quantitative estimate of drug-likeness (QED) is 0.266. The van der Waals surface area contributed by atoms with E-state index in [1.54, 1.807) is 0 Å². The van der Waals surface area contributed by atoms with E-state index >= 15 is 0 Å². The normalized spacial score (nSPS) is 10.5. The first-order chi connectivity index (χ1) is 5.26. The van der Waals surface area contributed by atoms with E-state index in [9.17, 15) is 4.79 Å². The Morgan fingerprint density at radius 1 is 1.64 bits per heavy atom. The van der Waals surface area contributed by atoms with Crippen LogP contribution in [0.3, 0.4) is 0 Å². The molecule has 0 aromatic rings. The van der Waals surface area contributed by atoms with Crippen molar-refractivity contribution in [2.24, 2.45) is 0 Å². The molecular weight excluding hydrogens is 144 g/mol. The third-order valence-electron chi connectivity index (χ3n) is 1.02. The van der Waals surface area contributed by atoms with Crippen LogP contribution in [0.15, 0.2) is 24.5 Å². The van der Waals surface area contributed by atoms with E-state index in [4.69, 9.17) is 4.74 Å². The third-order valence-corrected chi connectivity index (χ3v) is 1.02. The minimum atomic E-state index is -0.437. The summed E-state index contributed by atoms with van der Waals surface area (Å²) in [7, 11) is 1.31. The molecule has 0 atom stereocenters. The summed E-state index contributed by atoms with van der Waals surface area (Å²) in [4.78, 5) is 10.8. The molecule has 0 N–H and O–H groups in total. The van der Waals surface area contributed by atoms with Crippen LogP contribution in [-0.4, -0.2) is 19.7 Å². The van der Waals surface area contributed by atoms with Gasteiger partial charge in [-0.15, -0.1) is 0 Å². The first-order valence-electron chi connectivity index (χ1n) is 3.28. The Kier molecular flexibility index (Phi) is 4.90. The Bertz CT molecular complexity index is 170. The maximum atomic E-state index is 10.8. The predicted molar refractivity (Wildman–Crippen MR) is 41.9 cm³/mol. The van der Waals surface area contributed by atoms with Gasteiger partial charge in [-0.05, 0) is 6.92 Å². The SMILES string of the molecule is C=C/C(=C\OCC)C(=O)OC. The highest BCUT2D eigenvalue weighted by atomic mass is 16.5. The maximum Gasteiger partial charge on any atom is 0.340 e. The maximum absolute atomic E-state index is 10.8. The first kappa shape index (κ1) is 9.75. The smallest absolute Gasteiger partial charge is 0.340 e. The second-order valence-electron chi connectivity index (χ2n) is 1.72. The monoisotopic (exact) mass is 156 g/mol. The molecule has 0 saturated carbocycles. The first-order valence-corrected chi connectivity index (χ1v) is 3.28. The van der Waals surface area contributed by atoms with Gasteiger partial charge in [-0.1, -0.05) is 12.7 Å². The van der Waals surface area contributed by atoms with Crippen molar-refractivity contribution in [2.45, 2.75) is 6.92 Å². The Morgan fingerprint density at radius 3 is 2.64 bits per heavy atom. The van der Waals surface area contributed by atoms with Gasteiger partial charge >= 0.3 is 5.97 Å². The molecule has 0 spiro atoms. The van der Waals surface area contributed by atoms with Crippen LogP contribution >= 0.6 is 0 Å². The second-order valence-corrected chi connectivity index (χ2v) is 1.72. The molecule has 0 aromatic carbocycles. The van der Waals surface area contributed by atoms with Gasteiger partial charge in [-0.2, -0.15) is 0 Å². The number of esters is 1. The molecule has 0 aliphatic heterocycles. The molecule has 0 rings (SSSR count). The van der Waals surface area contributed by atoms with Gasteiger partial charge in [0, 0.05) is 0 Å². The van der Waals surface area contributed by atoms with Crippen LogP contribution in [0.2, 0.25) is 0 Å². The van der Waals surface area contributed by atoms with Crippen molar-refractivity contribution in [2.75, 3.05) is 13.7 Å². The van der Waals surface area contributed by atoms with Crippen molar-refractivity contribution in [3.05, 3.63) is 24.5 Å². The summed E-state index contributed by atoms with van der Waals surface area (Å²) >= 11 is 0. The number of ether oxygens (including phenoxy) is 2. The van der Waals surface area contributed by atoms with E-state index < -0.39 is 5.97 Å². The molecule has 0 radical (unpaired) electrons. The molecule has 3 nitrogen and oxygen atoms in total. The van der Waals surface area contributed by atoms with Crippen molar-refractivity contribution in [3.8, 4) is 0 Å². The van der Waals surface area contributed by atoms with Gasteiger partial charge in [0.05, 0.1) is 25.6 Å². The predicted octanol–water partition coefficient (Wildman–Crippen LogP) is 1.27. The number of hydrogen-bond acceptors (Lipinski definition) is 3. The third kappa shape index (κ3) is 3.45. The van der Waals surface area contributed by atoms with Crippen LogP contribution in [0.5, 0.6) is 0 Å². The van der Waals surface area contributed by atoms with Crippen LogP contribution < -0.4 is 0 Å². The number of methoxy groups -OCH3 is 1. The van der Waals surface area contributed by atoms with E-state index in [0.717, 1.165) is 0 Å². The topological polar surface area (TPSA) is 35.5 Å². The minimum Gasteiger partial charge on any atom is -0.501 e. The lowest BCUT2D eigenvalue weighted by molar-refractivity contribution is -0.135. The summed E-state index contributed by atoms with van der Waals surface area (Å²) in [5.41, 5.74) is 0.328. The van der Waals surface area contributed by atoms with Crippen LogP contribution in [0.4, 0.5) is 0 Å². The summed E-state index contributed by atoms with van der Waals surface area (Å²) in [6, 6.07) is 0. The van der Waals surface area contributed by atoms with Crippen molar-refractivity contribution in [1.29, 1.82) is 0 Å². The molecule has 11 heavy (non-hydrogen) atoms. The van der Waals surface area contributed by atoms with E-state index in [-0.39, 0.29) is 0 Å². The molecule has 0 unspecified atom stereocenters. The van der Waals surface area contributed by atoms with Crippen molar-refractivity contribution in [3.63, 3.8) is 0 Å². The molecule has 0 bridgehead atoms. The standard InChI is InChI=1S/C8H12O3/c1-4-7(6-11-5-2)8(9)10-3/h4,6H,1,5H2,2-3H3/b7-6+. The van der Waals surface area contributed by atoms with Gasteiger partial charge in [0.2, 0.25) is 0 Å². The summed E-state index contributed by atoms with van der Waals surface area (Å²) in [5, 5.41) is 0. The molecular formula is C8H12O3. The van der Waals surface area contributed by atoms with Crippen LogP contribution in [-0.2, 0) is 14.3 Å². The number of carbonyl (C=O) groups excluding carboxylic acids is 1. The molecule has 0 saturated heterocycles. The molecule has 3 heteroatoms. The molecule has 0 aromatic heterocycles. The lowest BCUT2D eigenvalue weighted by Gasteiger charge is -1.99. The molecule has 0 fully saturated rings. The van der Waals surface area contributed by atoms with Gasteiger partial charge in [0.15, 0.2) is 0 Å². The van der Waals surface area contributed by atoms with Crippen LogP contribution in [0, 0.1) is 0 Å². The average molecular weight is 156 g/mol. The average Bonchev–Trinajstić information content (AvgIpc) is 2.05. The highest BCUT2D eigenvalue weighted by Gasteiger charge is 2.03. The second kappa shape index (κ2) is 5.53. The fourth-order valence-electron chi connectivity index (χ4n) is 0.471. The van der Waals surface area contributed by atoms with E-state index in [0.29, 0.717) is 12.2 Å². The van der Waals surface area contributed by atoms with E-state index in [1.807, 2.05) is 6.92 Å². The van der Waals surface area contributed by atoms with Gasteiger partial charge in [0.1, 0.15) is 0 Å². The Labute approximate surface area is 66.3 Å². The fourth-order valence-corrected chi connectivity index (χ4v) is 0.471. The molecule has 62 valence electrons. The molecule has 0 aliphatic rings. The van der Waals surface area contributed by atoms with Crippen molar-refractivity contribution in [1.82, 2.24) is 0 Å². The number of carbonyl (C=O) groups is 1. The van der Waals surface area contributed by atoms with Crippen molar-refractivity contribution >= 4 is 5.97 Å². The summed E-state index contributed by atoms with van der Waals surface area (Å²) in [6.45, 7) is 5.78. The summed E-state index contributed by atoms with van der Waals surface area (Å²) < 4.78 is 9.32. The summed E-state index contributed by atoms with van der Waals surface area (Å²) in [6.07, 6.45) is 2.72. The zero-order valence-electron chi connectivity index (χ0n) is 6.79. The van der Waals surface area contributed by atoms with Crippen LogP contribution in [0.1, 0.15) is 6.92 Å². The molecule has 0 heterocycles. The highest BCUT2D eigenvalue weighted by Crippen LogP contribution is 1.98. The van der Waals surface area contributed by atoms with Gasteiger partial charge in [0.25, 0.3) is 0 Å². The van der Waals surface area contributed by atoms with E-state index in [1.165, 1.54) is 19.4 Å². The zero-order valence-corrected chi connectivity index (χ0v) is 6.79. The van der Waals surface area contributed by atoms with Gasteiger partial charge in [-0.3, -0.25) is 0 Å². The Balaban J connectivity index is 4.14. The Morgan fingerprint density at radius 2 is 2.27 bits per heavy atom. The minimum absolute atomic E-state index is 0.328. The lowest BCUT2D eigenvalue weighted by Crippen LogP contribution is -2.02. The summed E-state index contributed by atoms with van der Waals surface area (Å²) in [5.74, 6) is -0.437. The van der Waals surface area contributed by atoms with Gasteiger partial charge in [-0.25, -0.2) is 4.79 Å². The van der Waals surface area contributed by atoms with Crippen molar-refractivity contribution < 1.29 is 14.3 Å². The van der Waals surface area contributed by atoms with Gasteiger partial charge < -0.3 is 9.47 Å². The Hall–Kier alpha value is -1.25. The molecule has 0 amide bonds. The lowest BCUT2D eigenvalue weighted by atomic mass is 10.3. The number of hydrogen-bond donors (Lipinski definition) is 0. The fraction of sp³-hybridized carbons (Fsp3) is 0.375. The number of rotatable bonds is 4. The van der Waals surface area contributed by atoms with Crippen LogP contribution in [0.25, 0.3) is 0 Å². The van der Waals surface area contributed by atoms with E-state index in [2.05, 4.69) is 11.3 Å². The largest absolute Gasteiger partial charge is 0.501 e. The molecule has 0 aliphatic carbocycles. The highest BCUT2D eigenvalue weighted by molar-refractivity contribution is 5.90. The zero-order chi connectivity index (χ0) is 8.69.